The van der Waals surface area contributed by atoms with E-state index in [1.54, 1.807) is 6.07 Å². The minimum Gasteiger partial charge on any atom is -0.433 e. The molecule has 1 saturated carbocycles. The molecule has 6 heteroatoms. The van der Waals surface area contributed by atoms with Crippen LogP contribution in [0.25, 0.3) is 0 Å². The van der Waals surface area contributed by atoms with Crippen molar-refractivity contribution < 1.29 is 14.6 Å². The van der Waals surface area contributed by atoms with Crippen molar-refractivity contribution in [3.63, 3.8) is 0 Å². The van der Waals surface area contributed by atoms with Gasteiger partial charge in [0.1, 0.15) is 0 Å². The molecule has 1 heterocycles. The van der Waals surface area contributed by atoms with Gasteiger partial charge in [-0.3, -0.25) is 9.59 Å². The highest BCUT2D eigenvalue weighted by molar-refractivity contribution is 5.79. The van der Waals surface area contributed by atoms with Gasteiger partial charge in [-0.2, -0.15) is 5.10 Å². The number of carbonyl (C=O) groups is 1. The Morgan fingerprint density at radius 1 is 1.21 bits per heavy atom. The molecule has 0 aliphatic heterocycles. The highest BCUT2D eigenvalue weighted by atomic mass is 16.7. The van der Waals surface area contributed by atoms with Crippen LogP contribution in [0.4, 0.5) is 0 Å². The van der Waals surface area contributed by atoms with Gasteiger partial charge in [-0.15, -0.1) is 0 Å². The lowest BCUT2D eigenvalue weighted by Gasteiger charge is -2.26. The van der Waals surface area contributed by atoms with Crippen molar-refractivity contribution in [1.82, 2.24) is 9.78 Å². The maximum absolute atomic E-state index is 12.8. The lowest BCUT2D eigenvalue weighted by molar-refractivity contribution is -0.197. The van der Waals surface area contributed by atoms with Gasteiger partial charge in [-0.25, -0.2) is 4.68 Å². The number of aromatic nitrogens is 2. The maximum atomic E-state index is 12.8. The van der Waals surface area contributed by atoms with Crippen molar-refractivity contribution in [2.24, 2.45) is 5.92 Å². The van der Waals surface area contributed by atoms with E-state index < -0.39 is 5.79 Å². The zero-order valence-electron chi connectivity index (χ0n) is 16.7. The summed E-state index contributed by atoms with van der Waals surface area (Å²) in [5, 5.41) is 14.2. The molecule has 0 amide bonds. The van der Waals surface area contributed by atoms with E-state index >= 15 is 0 Å². The van der Waals surface area contributed by atoms with Crippen LogP contribution in [0.1, 0.15) is 62.3 Å². The van der Waals surface area contributed by atoms with Crippen LogP contribution in [0.15, 0.2) is 41.2 Å². The Hall–Kier alpha value is -2.47. The number of aryl methyl sites for hydroxylation is 1. The summed E-state index contributed by atoms with van der Waals surface area (Å²) < 4.78 is 6.71. The third-order valence-corrected chi connectivity index (χ3v) is 5.15. The van der Waals surface area contributed by atoms with Gasteiger partial charge in [0, 0.05) is 19.9 Å². The topological polar surface area (TPSA) is 81.4 Å². The summed E-state index contributed by atoms with van der Waals surface area (Å²) in [6, 6.07) is 10.9. The van der Waals surface area contributed by atoms with Crippen LogP contribution in [-0.2, 0) is 16.1 Å². The Kier molecular flexibility index (Phi) is 5.98. The maximum Gasteiger partial charge on any atom is 0.316 e. The van der Waals surface area contributed by atoms with E-state index in [0.717, 1.165) is 42.5 Å². The van der Waals surface area contributed by atoms with Crippen LogP contribution in [0, 0.1) is 12.8 Å². The second kappa shape index (κ2) is 8.27. The Morgan fingerprint density at radius 2 is 1.86 bits per heavy atom. The lowest BCUT2D eigenvalue weighted by atomic mass is 9.84. The van der Waals surface area contributed by atoms with Crippen molar-refractivity contribution in [2.75, 3.05) is 0 Å². The Bertz CT molecular complexity index is 875. The molecule has 1 atom stereocenters. The smallest absolute Gasteiger partial charge is 0.316 e. The van der Waals surface area contributed by atoms with E-state index in [1.165, 1.54) is 24.6 Å². The second-order valence-corrected chi connectivity index (χ2v) is 8.10. The standard InChI is InChI=1S/C22H28N2O4/c1-15-8-13-19(25)24(23-15)14-16-9-11-18(12-10-16)20(17-6-4-5-7-17)21(26)28-22(2,3)27/h8-13,17,20,27H,4-7,14H2,1-3H3. The fourth-order valence-corrected chi connectivity index (χ4v) is 3.87. The quantitative estimate of drug-likeness (QED) is 0.611. The summed E-state index contributed by atoms with van der Waals surface area (Å²) in [5.41, 5.74) is 2.46. The summed E-state index contributed by atoms with van der Waals surface area (Å²) >= 11 is 0. The average Bonchev–Trinajstić information content (AvgIpc) is 3.12. The Labute approximate surface area is 165 Å². The molecule has 1 N–H and O–H groups in total. The number of nitrogens with zero attached hydrogens (tertiary/aromatic N) is 2. The first-order chi connectivity index (χ1) is 13.2. The molecule has 0 radical (unpaired) electrons. The van der Waals surface area contributed by atoms with Crippen molar-refractivity contribution >= 4 is 5.97 Å². The van der Waals surface area contributed by atoms with Crippen LogP contribution in [-0.4, -0.2) is 26.6 Å². The van der Waals surface area contributed by atoms with E-state index in [9.17, 15) is 14.7 Å². The van der Waals surface area contributed by atoms with E-state index in [-0.39, 0.29) is 23.4 Å². The van der Waals surface area contributed by atoms with Crippen molar-refractivity contribution in [2.45, 2.75) is 64.7 Å². The zero-order chi connectivity index (χ0) is 20.3. The third kappa shape index (κ3) is 5.07. The zero-order valence-corrected chi connectivity index (χ0v) is 16.7. The summed E-state index contributed by atoms with van der Waals surface area (Å²) in [7, 11) is 0. The minimum absolute atomic E-state index is 0.146. The molecule has 0 spiro atoms. The number of ether oxygens (including phenoxy) is 1. The molecule has 1 aliphatic rings. The van der Waals surface area contributed by atoms with Crippen LogP contribution < -0.4 is 5.56 Å². The average molecular weight is 384 g/mol. The van der Waals surface area contributed by atoms with Gasteiger partial charge in [0.15, 0.2) is 0 Å². The van der Waals surface area contributed by atoms with E-state index in [0.29, 0.717) is 6.54 Å². The monoisotopic (exact) mass is 384 g/mol. The molecular weight excluding hydrogens is 356 g/mol. The van der Waals surface area contributed by atoms with Crippen LogP contribution in [0.5, 0.6) is 0 Å². The van der Waals surface area contributed by atoms with Crippen LogP contribution in [0.2, 0.25) is 0 Å². The lowest BCUT2D eigenvalue weighted by Crippen LogP contribution is -2.32. The molecule has 0 saturated heterocycles. The number of benzene rings is 1. The first-order valence-electron chi connectivity index (χ1n) is 9.82. The third-order valence-electron chi connectivity index (χ3n) is 5.15. The van der Waals surface area contributed by atoms with Gasteiger partial charge in [0.2, 0.25) is 5.79 Å². The molecule has 6 nitrogen and oxygen atoms in total. The SMILES string of the molecule is Cc1ccc(=O)n(Cc2ccc(C(C(=O)OC(C)(C)O)C3CCCC3)cc2)n1. The highest BCUT2D eigenvalue weighted by Gasteiger charge is 2.35. The minimum atomic E-state index is -1.49. The molecule has 150 valence electrons. The molecular formula is C22H28N2O4. The van der Waals surface area contributed by atoms with Gasteiger partial charge >= 0.3 is 5.97 Å². The van der Waals surface area contributed by atoms with Crippen LogP contribution >= 0.6 is 0 Å². The molecule has 3 rings (SSSR count). The summed E-state index contributed by atoms with van der Waals surface area (Å²) in [5.74, 6) is -2.04. The van der Waals surface area contributed by atoms with Crippen LogP contribution in [0.3, 0.4) is 0 Å². The molecule has 1 unspecified atom stereocenters. The van der Waals surface area contributed by atoms with Gasteiger partial charge in [-0.05, 0) is 42.9 Å². The molecule has 1 aromatic heterocycles. The van der Waals surface area contributed by atoms with E-state index in [4.69, 9.17) is 4.74 Å². The number of rotatable bonds is 6. The predicted molar refractivity (Wildman–Crippen MR) is 106 cm³/mol. The molecule has 28 heavy (non-hydrogen) atoms. The van der Waals surface area contributed by atoms with E-state index in [1.807, 2.05) is 31.2 Å². The first-order valence-corrected chi connectivity index (χ1v) is 9.82. The number of aliphatic hydroxyl groups is 1. The molecule has 1 aromatic carbocycles. The second-order valence-electron chi connectivity index (χ2n) is 8.10. The summed E-state index contributed by atoms with van der Waals surface area (Å²) in [4.78, 5) is 24.7. The fourth-order valence-electron chi connectivity index (χ4n) is 3.87. The number of hydrogen-bond acceptors (Lipinski definition) is 5. The van der Waals surface area contributed by atoms with Gasteiger partial charge < -0.3 is 9.84 Å². The molecule has 0 bridgehead atoms. The fraction of sp³-hybridized carbons (Fsp3) is 0.500. The van der Waals surface area contributed by atoms with E-state index in [2.05, 4.69) is 5.10 Å². The predicted octanol–water partition coefficient (Wildman–Crippen LogP) is 3.15. The summed E-state index contributed by atoms with van der Waals surface area (Å²) in [6.07, 6.45) is 4.18. The first kappa shape index (κ1) is 20.3. The van der Waals surface area contributed by atoms with Gasteiger partial charge in [0.05, 0.1) is 18.2 Å². The molecule has 2 aromatic rings. The number of esters is 1. The number of hydrogen-bond donors (Lipinski definition) is 1. The molecule has 1 fully saturated rings. The van der Waals surface area contributed by atoms with Crippen molar-refractivity contribution in [3.8, 4) is 0 Å². The Balaban J connectivity index is 1.82. The normalized spacial score (nSPS) is 16.1. The van der Waals surface area contributed by atoms with Crippen molar-refractivity contribution in [1.29, 1.82) is 0 Å². The van der Waals surface area contributed by atoms with Gasteiger partial charge in [-0.1, -0.05) is 37.1 Å². The molecule has 1 aliphatic carbocycles. The number of carbonyl (C=O) groups excluding carboxylic acids is 1. The largest absolute Gasteiger partial charge is 0.433 e. The highest BCUT2D eigenvalue weighted by Crippen LogP contribution is 2.38. The van der Waals surface area contributed by atoms with Crippen molar-refractivity contribution in [3.05, 3.63) is 63.6 Å². The summed E-state index contributed by atoms with van der Waals surface area (Å²) in [6.45, 7) is 5.15. The van der Waals surface area contributed by atoms with Gasteiger partial charge in [0.25, 0.3) is 5.56 Å². The Morgan fingerprint density at radius 3 is 2.46 bits per heavy atom.